The van der Waals surface area contributed by atoms with Crippen LogP contribution in [0.5, 0.6) is 0 Å². The molecule has 0 rings (SSSR count). The zero-order valence-electron chi connectivity index (χ0n) is 12.8. The second-order valence-corrected chi connectivity index (χ2v) is 5.25. The average Bonchev–Trinajstić information content (AvgIpc) is 2.38. The van der Waals surface area contributed by atoms with E-state index in [1.165, 1.54) is 38.6 Å². The lowest BCUT2D eigenvalue weighted by atomic mass is 9.87. The SMILES string of the molecule is CCCC(CC)(CN)N(CC)CC(CC)CC. The van der Waals surface area contributed by atoms with Crippen molar-refractivity contribution < 1.29 is 0 Å². The van der Waals surface area contributed by atoms with Crippen LogP contribution in [-0.2, 0) is 0 Å². The topological polar surface area (TPSA) is 29.3 Å². The Balaban J connectivity index is 4.76. The van der Waals surface area contributed by atoms with Gasteiger partial charge in [0.1, 0.15) is 0 Å². The van der Waals surface area contributed by atoms with Crippen LogP contribution in [0.25, 0.3) is 0 Å². The van der Waals surface area contributed by atoms with Gasteiger partial charge in [-0.15, -0.1) is 0 Å². The molecular weight excluding hydrogens is 208 g/mol. The Kier molecular flexibility index (Phi) is 8.89. The van der Waals surface area contributed by atoms with E-state index in [1.807, 2.05) is 0 Å². The average molecular weight is 242 g/mol. The van der Waals surface area contributed by atoms with Crippen molar-refractivity contribution in [1.29, 1.82) is 0 Å². The summed E-state index contributed by atoms with van der Waals surface area (Å²) in [5.41, 5.74) is 6.34. The number of nitrogens with zero attached hydrogens (tertiary/aromatic N) is 1. The molecule has 0 heterocycles. The Morgan fingerprint density at radius 1 is 1.06 bits per heavy atom. The first-order chi connectivity index (χ1) is 8.13. The number of rotatable bonds is 10. The van der Waals surface area contributed by atoms with E-state index in [0.717, 1.165) is 19.0 Å². The molecular formula is C15H34N2. The first-order valence-corrected chi connectivity index (χ1v) is 7.59. The highest BCUT2D eigenvalue weighted by Gasteiger charge is 2.32. The van der Waals surface area contributed by atoms with Gasteiger partial charge in [-0.05, 0) is 25.3 Å². The second-order valence-electron chi connectivity index (χ2n) is 5.25. The molecule has 0 aliphatic heterocycles. The largest absolute Gasteiger partial charge is 0.329 e. The van der Waals surface area contributed by atoms with Crippen LogP contribution in [0.3, 0.4) is 0 Å². The molecule has 0 radical (unpaired) electrons. The smallest absolute Gasteiger partial charge is 0.0329 e. The second kappa shape index (κ2) is 8.93. The lowest BCUT2D eigenvalue weighted by molar-refractivity contribution is 0.0663. The van der Waals surface area contributed by atoms with E-state index in [1.54, 1.807) is 0 Å². The summed E-state index contributed by atoms with van der Waals surface area (Å²) in [6.07, 6.45) is 6.19. The molecule has 0 saturated heterocycles. The summed E-state index contributed by atoms with van der Waals surface area (Å²) in [6, 6.07) is 0. The van der Waals surface area contributed by atoms with Gasteiger partial charge in [0.05, 0.1) is 0 Å². The van der Waals surface area contributed by atoms with Crippen molar-refractivity contribution in [3.8, 4) is 0 Å². The number of hydrogen-bond donors (Lipinski definition) is 1. The summed E-state index contributed by atoms with van der Waals surface area (Å²) < 4.78 is 0. The molecule has 0 aliphatic rings. The monoisotopic (exact) mass is 242 g/mol. The van der Waals surface area contributed by atoms with Gasteiger partial charge in [0.25, 0.3) is 0 Å². The third-order valence-electron chi connectivity index (χ3n) is 4.44. The van der Waals surface area contributed by atoms with Crippen molar-refractivity contribution in [2.45, 2.75) is 72.3 Å². The van der Waals surface area contributed by atoms with Gasteiger partial charge in [-0.3, -0.25) is 4.90 Å². The van der Waals surface area contributed by atoms with Crippen molar-refractivity contribution in [3.05, 3.63) is 0 Å². The molecule has 1 unspecified atom stereocenters. The fourth-order valence-electron chi connectivity index (χ4n) is 2.92. The number of hydrogen-bond acceptors (Lipinski definition) is 2. The van der Waals surface area contributed by atoms with E-state index in [-0.39, 0.29) is 5.54 Å². The molecule has 0 amide bonds. The Morgan fingerprint density at radius 2 is 1.65 bits per heavy atom. The van der Waals surface area contributed by atoms with Crippen LogP contribution in [0.4, 0.5) is 0 Å². The Bertz CT molecular complexity index is 172. The van der Waals surface area contributed by atoms with Gasteiger partial charge in [-0.1, -0.05) is 53.9 Å². The van der Waals surface area contributed by atoms with Crippen LogP contribution in [0.2, 0.25) is 0 Å². The molecule has 0 bridgehead atoms. The van der Waals surface area contributed by atoms with Crippen molar-refractivity contribution in [3.63, 3.8) is 0 Å². The Labute approximate surface area is 109 Å². The highest BCUT2D eigenvalue weighted by atomic mass is 15.2. The minimum Gasteiger partial charge on any atom is -0.329 e. The third-order valence-corrected chi connectivity index (χ3v) is 4.44. The zero-order chi connectivity index (χ0) is 13.3. The van der Waals surface area contributed by atoms with Gasteiger partial charge in [-0.2, -0.15) is 0 Å². The molecule has 0 aromatic heterocycles. The van der Waals surface area contributed by atoms with Crippen LogP contribution in [0.1, 0.15) is 66.7 Å². The maximum atomic E-state index is 6.10. The summed E-state index contributed by atoms with van der Waals surface area (Å²) in [5.74, 6) is 0.823. The van der Waals surface area contributed by atoms with Crippen molar-refractivity contribution >= 4 is 0 Å². The molecule has 1 atom stereocenters. The van der Waals surface area contributed by atoms with E-state index in [4.69, 9.17) is 5.73 Å². The highest BCUT2D eigenvalue weighted by Crippen LogP contribution is 2.26. The molecule has 0 spiro atoms. The fourth-order valence-corrected chi connectivity index (χ4v) is 2.92. The normalized spacial score (nSPS) is 15.5. The summed E-state index contributed by atoms with van der Waals surface area (Å²) in [5, 5.41) is 0. The molecule has 104 valence electrons. The molecule has 17 heavy (non-hydrogen) atoms. The van der Waals surface area contributed by atoms with Gasteiger partial charge >= 0.3 is 0 Å². The van der Waals surface area contributed by atoms with E-state index in [2.05, 4.69) is 39.5 Å². The molecule has 0 aliphatic carbocycles. The fraction of sp³-hybridized carbons (Fsp3) is 1.00. The van der Waals surface area contributed by atoms with Crippen molar-refractivity contribution in [2.75, 3.05) is 19.6 Å². The van der Waals surface area contributed by atoms with Gasteiger partial charge in [0.15, 0.2) is 0 Å². The highest BCUT2D eigenvalue weighted by molar-refractivity contribution is 4.90. The van der Waals surface area contributed by atoms with E-state index in [0.29, 0.717) is 0 Å². The first-order valence-electron chi connectivity index (χ1n) is 7.59. The standard InChI is InChI=1S/C15H34N2/c1-6-11-15(9-4,13-16)17(10-5)12-14(7-2)8-3/h14H,6-13,16H2,1-5H3. The van der Waals surface area contributed by atoms with Crippen molar-refractivity contribution in [2.24, 2.45) is 11.7 Å². The summed E-state index contributed by atoms with van der Waals surface area (Å²) in [7, 11) is 0. The predicted octanol–water partition coefficient (Wildman–Crippen LogP) is 3.65. The summed E-state index contributed by atoms with van der Waals surface area (Å²) in [6.45, 7) is 14.6. The summed E-state index contributed by atoms with van der Waals surface area (Å²) in [4.78, 5) is 2.65. The molecule has 2 nitrogen and oxygen atoms in total. The van der Waals surface area contributed by atoms with Gasteiger partial charge in [-0.25, -0.2) is 0 Å². The summed E-state index contributed by atoms with van der Waals surface area (Å²) >= 11 is 0. The Morgan fingerprint density at radius 3 is 1.94 bits per heavy atom. The third kappa shape index (κ3) is 4.59. The van der Waals surface area contributed by atoms with Crippen LogP contribution >= 0.6 is 0 Å². The van der Waals surface area contributed by atoms with Crippen LogP contribution in [0.15, 0.2) is 0 Å². The Hall–Kier alpha value is -0.0800. The van der Waals surface area contributed by atoms with E-state index < -0.39 is 0 Å². The molecule has 0 aromatic rings. The minimum absolute atomic E-state index is 0.242. The lowest BCUT2D eigenvalue weighted by Gasteiger charge is -2.44. The first kappa shape index (κ1) is 16.9. The quantitative estimate of drug-likeness (QED) is 0.633. The maximum absolute atomic E-state index is 6.10. The van der Waals surface area contributed by atoms with Crippen LogP contribution < -0.4 is 5.73 Å². The minimum atomic E-state index is 0.242. The molecule has 0 saturated carbocycles. The zero-order valence-corrected chi connectivity index (χ0v) is 12.8. The van der Waals surface area contributed by atoms with Crippen LogP contribution in [0, 0.1) is 5.92 Å². The molecule has 2 heteroatoms. The van der Waals surface area contributed by atoms with E-state index in [9.17, 15) is 0 Å². The van der Waals surface area contributed by atoms with Crippen LogP contribution in [-0.4, -0.2) is 30.1 Å². The molecule has 0 fully saturated rings. The molecule has 2 N–H and O–H groups in total. The van der Waals surface area contributed by atoms with Gasteiger partial charge in [0.2, 0.25) is 0 Å². The van der Waals surface area contributed by atoms with E-state index >= 15 is 0 Å². The lowest BCUT2D eigenvalue weighted by Crippen LogP contribution is -2.54. The van der Waals surface area contributed by atoms with Crippen molar-refractivity contribution in [1.82, 2.24) is 4.90 Å². The molecule has 0 aromatic carbocycles. The predicted molar refractivity (Wildman–Crippen MR) is 78.3 cm³/mol. The van der Waals surface area contributed by atoms with Gasteiger partial charge in [0, 0.05) is 18.6 Å². The maximum Gasteiger partial charge on any atom is 0.0329 e. The number of likely N-dealkylation sites (N-methyl/N-ethyl adjacent to an activating group) is 1. The van der Waals surface area contributed by atoms with Gasteiger partial charge < -0.3 is 5.73 Å². The number of nitrogens with two attached hydrogens (primary N) is 1.